The minimum absolute atomic E-state index is 0.147. The largest absolute Gasteiger partial charge is 0.310 e. The molecule has 1 aliphatic carbocycles. The van der Waals surface area contributed by atoms with Crippen molar-refractivity contribution in [2.75, 3.05) is 4.90 Å². The Balaban J connectivity index is 1.18. The van der Waals surface area contributed by atoms with Crippen LogP contribution < -0.4 is 4.90 Å². The molecular weight excluding hydrogens is 641 g/mol. The zero-order valence-corrected chi connectivity index (χ0v) is 29.7. The maximum Gasteiger partial charge on any atom is 0.0562 e. The van der Waals surface area contributed by atoms with E-state index in [1.165, 1.54) is 82.1 Å². The molecule has 2 nitrogen and oxygen atoms in total. The van der Waals surface area contributed by atoms with Gasteiger partial charge in [-0.25, -0.2) is 0 Å². The lowest BCUT2D eigenvalue weighted by atomic mass is 9.81. The third kappa shape index (κ3) is 4.27. The van der Waals surface area contributed by atoms with E-state index in [4.69, 9.17) is 0 Å². The van der Waals surface area contributed by atoms with E-state index in [2.05, 4.69) is 205 Å². The molecule has 0 N–H and O–H groups in total. The molecule has 0 atom stereocenters. The molecule has 53 heavy (non-hydrogen) atoms. The molecule has 0 saturated heterocycles. The van der Waals surface area contributed by atoms with Gasteiger partial charge in [0.1, 0.15) is 0 Å². The van der Waals surface area contributed by atoms with Gasteiger partial charge in [0, 0.05) is 33.2 Å². The average molecular weight is 677 g/mol. The van der Waals surface area contributed by atoms with Crippen molar-refractivity contribution in [3.05, 3.63) is 193 Å². The minimum Gasteiger partial charge on any atom is -0.310 e. The van der Waals surface area contributed by atoms with Gasteiger partial charge in [-0.05, 0) is 103 Å². The van der Waals surface area contributed by atoms with Crippen LogP contribution in [0.4, 0.5) is 17.1 Å². The average Bonchev–Trinajstić information content (AvgIpc) is 3.67. The van der Waals surface area contributed by atoms with E-state index in [1.54, 1.807) is 0 Å². The molecule has 0 bridgehead atoms. The van der Waals surface area contributed by atoms with Crippen LogP contribution in [0.15, 0.2) is 182 Å². The van der Waals surface area contributed by atoms with Gasteiger partial charge in [0.2, 0.25) is 0 Å². The molecule has 0 radical (unpaired) electrons. The lowest BCUT2D eigenvalue weighted by Crippen LogP contribution is -2.18. The third-order valence-electron chi connectivity index (χ3n) is 11.7. The maximum atomic E-state index is 2.52. The second kappa shape index (κ2) is 11.2. The topological polar surface area (TPSA) is 8.17 Å². The number of hydrogen-bond donors (Lipinski definition) is 0. The molecule has 10 aromatic rings. The van der Waals surface area contributed by atoms with E-state index in [0.717, 1.165) is 17.1 Å². The van der Waals surface area contributed by atoms with E-state index in [0.29, 0.717) is 0 Å². The highest BCUT2D eigenvalue weighted by Gasteiger charge is 2.38. The quantitative estimate of drug-likeness (QED) is 0.168. The Morgan fingerprint density at radius 3 is 1.64 bits per heavy atom. The first-order valence-electron chi connectivity index (χ1n) is 18.5. The Morgan fingerprint density at radius 1 is 0.377 bits per heavy atom. The molecule has 1 heterocycles. The monoisotopic (exact) mass is 676 g/mol. The summed E-state index contributed by atoms with van der Waals surface area (Å²) < 4.78 is 2.52. The minimum atomic E-state index is -0.147. The van der Waals surface area contributed by atoms with Crippen LogP contribution >= 0.6 is 0 Å². The Kier molecular flexibility index (Phi) is 6.33. The highest BCUT2D eigenvalue weighted by atomic mass is 15.1. The molecule has 11 rings (SSSR count). The van der Waals surface area contributed by atoms with Crippen molar-refractivity contribution >= 4 is 71.2 Å². The lowest BCUT2D eigenvalue weighted by Gasteiger charge is -2.27. The third-order valence-corrected chi connectivity index (χ3v) is 11.7. The van der Waals surface area contributed by atoms with Crippen molar-refractivity contribution in [2.24, 2.45) is 0 Å². The van der Waals surface area contributed by atoms with E-state index in [9.17, 15) is 0 Å². The Labute approximate surface area is 308 Å². The van der Waals surface area contributed by atoms with Crippen LogP contribution in [-0.4, -0.2) is 4.57 Å². The normalized spacial score (nSPS) is 13.2. The van der Waals surface area contributed by atoms with E-state index >= 15 is 0 Å². The summed E-state index contributed by atoms with van der Waals surface area (Å²) in [6, 6.07) is 67.1. The Hall–Kier alpha value is -6.64. The van der Waals surface area contributed by atoms with Gasteiger partial charge in [-0.1, -0.05) is 147 Å². The fourth-order valence-electron chi connectivity index (χ4n) is 9.42. The van der Waals surface area contributed by atoms with E-state index < -0.39 is 0 Å². The van der Waals surface area contributed by atoms with Gasteiger partial charge < -0.3 is 9.47 Å². The highest BCUT2D eigenvalue weighted by Crippen LogP contribution is 2.52. The van der Waals surface area contributed by atoms with Crippen molar-refractivity contribution in [1.29, 1.82) is 0 Å². The molecule has 0 aliphatic heterocycles. The fraction of sp³-hybridized carbons (Fsp3) is 0.0588. The van der Waals surface area contributed by atoms with Gasteiger partial charge in [-0.3, -0.25) is 0 Å². The summed E-state index contributed by atoms with van der Waals surface area (Å²) in [4.78, 5) is 2.42. The molecule has 1 aliphatic rings. The van der Waals surface area contributed by atoms with Crippen LogP contribution in [0.25, 0.3) is 70.9 Å². The Morgan fingerprint density at radius 2 is 0.906 bits per heavy atom. The first-order valence-corrected chi connectivity index (χ1v) is 18.5. The second-order valence-corrected chi connectivity index (χ2v) is 14.9. The summed E-state index contributed by atoms with van der Waals surface area (Å²) in [7, 11) is 0. The molecular formula is C51H36N2. The summed E-state index contributed by atoms with van der Waals surface area (Å²) in [5.41, 5.74) is 12.3. The molecule has 2 heteroatoms. The number of fused-ring (bicyclic) bond motifs is 12. The van der Waals surface area contributed by atoms with Crippen LogP contribution in [-0.2, 0) is 5.41 Å². The zero-order valence-electron chi connectivity index (χ0n) is 29.7. The number of aromatic nitrogens is 1. The van der Waals surface area contributed by atoms with Gasteiger partial charge in [0.25, 0.3) is 0 Å². The van der Waals surface area contributed by atoms with E-state index in [1.807, 2.05) is 0 Å². The highest BCUT2D eigenvalue weighted by molar-refractivity contribution is 6.26. The SMILES string of the molecule is CC1(C)c2ccccc2-c2cccc(-n3c4ccccc4c4ccc(N(c5ccccc5)c5ccc6c7ccccc7c7ccccc7c6c5)cc43)c21. The van der Waals surface area contributed by atoms with Crippen LogP contribution in [0.3, 0.4) is 0 Å². The summed E-state index contributed by atoms with van der Waals surface area (Å²) in [6.45, 7) is 4.76. The van der Waals surface area contributed by atoms with Gasteiger partial charge in [-0.2, -0.15) is 0 Å². The predicted molar refractivity (Wildman–Crippen MR) is 226 cm³/mol. The molecule has 0 fully saturated rings. The number of para-hydroxylation sites is 2. The van der Waals surface area contributed by atoms with E-state index in [-0.39, 0.29) is 5.41 Å². The predicted octanol–water partition coefficient (Wildman–Crippen LogP) is 14.0. The van der Waals surface area contributed by atoms with Crippen LogP contribution in [0.1, 0.15) is 25.0 Å². The maximum absolute atomic E-state index is 2.52. The lowest BCUT2D eigenvalue weighted by molar-refractivity contribution is 0.656. The zero-order chi connectivity index (χ0) is 35.3. The first kappa shape index (κ1) is 30.0. The number of nitrogens with zero attached hydrogens (tertiary/aromatic N) is 2. The van der Waals surface area contributed by atoms with Gasteiger partial charge >= 0.3 is 0 Å². The van der Waals surface area contributed by atoms with Crippen molar-refractivity contribution in [3.8, 4) is 16.8 Å². The number of hydrogen-bond acceptors (Lipinski definition) is 1. The molecule has 0 spiro atoms. The number of rotatable bonds is 4. The van der Waals surface area contributed by atoms with Gasteiger partial charge in [0.15, 0.2) is 0 Å². The summed E-state index contributed by atoms with van der Waals surface area (Å²) in [5.74, 6) is 0. The van der Waals surface area contributed by atoms with Crippen molar-refractivity contribution in [3.63, 3.8) is 0 Å². The van der Waals surface area contributed by atoms with Crippen molar-refractivity contribution in [1.82, 2.24) is 4.57 Å². The standard InChI is InChI=1S/C51H36N2/c1-51(2)46-24-12-10-21-41(46)44-23-14-26-48(50(44)51)53-47-25-13-11-22-42(47)43-30-28-35(32-49(43)53)52(33-15-4-3-5-16-33)34-27-29-40-38-19-7-6-17-36(38)37-18-8-9-20-39(37)45(40)31-34/h3-32H,1-2H3. The molecule has 9 aromatic carbocycles. The van der Waals surface area contributed by atoms with Crippen LogP contribution in [0.2, 0.25) is 0 Å². The van der Waals surface area contributed by atoms with Gasteiger partial charge in [0.05, 0.1) is 16.7 Å². The molecule has 0 saturated carbocycles. The molecule has 1 aromatic heterocycles. The second-order valence-electron chi connectivity index (χ2n) is 14.9. The summed E-state index contributed by atoms with van der Waals surface area (Å²) in [6.07, 6.45) is 0. The van der Waals surface area contributed by atoms with Crippen LogP contribution in [0.5, 0.6) is 0 Å². The smallest absolute Gasteiger partial charge is 0.0562 e. The Bertz CT molecular complexity index is 3060. The summed E-state index contributed by atoms with van der Waals surface area (Å²) in [5, 5.41) is 10.2. The number of anilines is 3. The van der Waals surface area contributed by atoms with Gasteiger partial charge in [-0.15, -0.1) is 0 Å². The molecule has 250 valence electrons. The fourth-order valence-corrected chi connectivity index (χ4v) is 9.42. The number of benzene rings is 9. The van der Waals surface area contributed by atoms with Crippen molar-refractivity contribution < 1.29 is 0 Å². The van der Waals surface area contributed by atoms with Crippen LogP contribution in [0, 0.1) is 0 Å². The molecule has 0 unspecified atom stereocenters. The van der Waals surface area contributed by atoms with Crippen molar-refractivity contribution in [2.45, 2.75) is 19.3 Å². The summed E-state index contributed by atoms with van der Waals surface area (Å²) >= 11 is 0. The molecule has 0 amide bonds. The first-order chi connectivity index (χ1) is 26.1.